The monoisotopic (exact) mass is 633 g/mol. The van der Waals surface area contributed by atoms with Crippen molar-refractivity contribution in [3.05, 3.63) is 23.3 Å². The fraction of sp³-hybridized carbons (Fsp3) is 0.621. The normalized spacial score (nSPS) is 19.7. The van der Waals surface area contributed by atoms with E-state index >= 15 is 0 Å². The molecular weight excluding hydrogens is 590 g/mol. The van der Waals surface area contributed by atoms with Gasteiger partial charge in [-0.1, -0.05) is 6.07 Å². The van der Waals surface area contributed by atoms with Gasteiger partial charge in [0.15, 0.2) is 12.4 Å². The van der Waals surface area contributed by atoms with Crippen molar-refractivity contribution < 1.29 is 42.9 Å². The highest BCUT2D eigenvalue weighted by Crippen LogP contribution is 2.38. The number of nitrogens with two attached hydrogens (primary N) is 1. The lowest BCUT2D eigenvalue weighted by molar-refractivity contribution is -0.137. The van der Waals surface area contributed by atoms with Crippen LogP contribution in [0.2, 0.25) is 0 Å². The number of benzene rings is 1. The van der Waals surface area contributed by atoms with Crippen LogP contribution in [-0.2, 0) is 39.9 Å². The first-order valence-electron chi connectivity index (χ1n) is 15.2. The maximum absolute atomic E-state index is 13.7. The van der Waals surface area contributed by atoms with Gasteiger partial charge in [-0.25, -0.2) is 0 Å². The molecule has 16 heteroatoms. The predicted molar refractivity (Wildman–Crippen MR) is 160 cm³/mol. The summed E-state index contributed by atoms with van der Waals surface area (Å²) >= 11 is 0. The molecule has 2 unspecified atom stereocenters. The minimum atomic E-state index is -0.810. The first-order valence-corrected chi connectivity index (χ1v) is 15.2. The molecular formula is C29H43N7O9. The van der Waals surface area contributed by atoms with Gasteiger partial charge in [-0.15, -0.1) is 0 Å². The smallest absolute Gasteiger partial charge is 0.259 e. The van der Waals surface area contributed by atoms with Crippen molar-refractivity contribution >= 4 is 35.2 Å². The number of nitrogens with one attached hydrogen (secondary N) is 4. The summed E-state index contributed by atoms with van der Waals surface area (Å²) in [5.41, 5.74) is 6.42. The molecule has 0 saturated carbocycles. The molecule has 3 aliphatic rings. The number of rotatable bonds is 17. The standard InChI is InChI=1S/C29H43N7O9/c1-19-14-31-6-8-35(19)25(39)15-33-21-3-2-20-16-36(22-4-5-23(37)34-28(22)40)29(41)26(20)27(21)45-17-24(38)32-7-9-42-10-11-43-12-13-44-18-30/h2-3,19,22,31,33H,4-18,30H2,1H3,(H,32,38)(H,34,37,40). The zero-order valence-corrected chi connectivity index (χ0v) is 25.6. The number of hydrogen-bond donors (Lipinski definition) is 5. The van der Waals surface area contributed by atoms with Gasteiger partial charge in [-0.2, -0.15) is 0 Å². The number of carbonyl (C=O) groups excluding carboxylic acids is 5. The van der Waals surface area contributed by atoms with Gasteiger partial charge in [-0.3, -0.25) is 29.3 Å². The molecule has 0 bridgehead atoms. The van der Waals surface area contributed by atoms with E-state index in [4.69, 9.17) is 24.7 Å². The van der Waals surface area contributed by atoms with Crippen molar-refractivity contribution in [2.75, 3.05) is 84.4 Å². The number of amides is 5. The summed E-state index contributed by atoms with van der Waals surface area (Å²) in [6.45, 7) is 5.80. The van der Waals surface area contributed by atoms with E-state index in [1.165, 1.54) is 4.90 Å². The third kappa shape index (κ3) is 9.34. The number of carbonyl (C=O) groups is 5. The SMILES string of the molecule is CC1CNCCN1C(=O)CNc1ccc2c(c1OCC(=O)NCCOCCOCCOCN)C(=O)N(C1CCC(=O)NC1=O)C2. The molecule has 2 atom stereocenters. The molecule has 2 saturated heterocycles. The van der Waals surface area contributed by atoms with Crippen LogP contribution in [0.1, 0.15) is 35.7 Å². The number of nitrogens with zero attached hydrogens (tertiary/aromatic N) is 2. The Hall–Kier alpha value is -3.83. The number of fused-ring (bicyclic) bond motifs is 1. The fourth-order valence-electron chi connectivity index (χ4n) is 5.37. The molecule has 248 valence electrons. The van der Waals surface area contributed by atoms with Crippen molar-refractivity contribution in [3.8, 4) is 5.75 Å². The highest BCUT2D eigenvalue weighted by Gasteiger charge is 2.41. The van der Waals surface area contributed by atoms with Crippen molar-refractivity contribution in [1.82, 2.24) is 25.8 Å². The van der Waals surface area contributed by atoms with Crippen molar-refractivity contribution in [2.45, 2.75) is 38.4 Å². The van der Waals surface area contributed by atoms with E-state index in [-0.39, 0.29) is 75.0 Å². The zero-order valence-electron chi connectivity index (χ0n) is 25.6. The summed E-state index contributed by atoms with van der Waals surface area (Å²) in [5, 5.41) is 11.3. The van der Waals surface area contributed by atoms with Crippen molar-refractivity contribution in [2.24, 2.45) is 5.73 Å². The number of ether oxygens (including phenoxy) is 4. The van der Waals surface area contributed by atoms with Crippen LogP contribution in [0.25, 0.3) is 0 Å². The van der Waals surface area contributed by atoms with Gasteiger partial charge in [0.05, 0.1) is 57.6 Å². The third-order valence-corrected chi connectivity index (χ3v) is 7.68. The van der Waals surface area contributed by atoms with Gasteiger partial charge in [-0.05, 0) is 25.0 Å². The molecule has 1 aromatic carbocycles. The topological polar surface area (TPSA) is 203 Å². The van der Waals surface area contributed by atoms with Crippen LogP contribution in [0, 0.1) is 0 Å². The summed E-state index contributed by atoms with van der Waals surface area (Å²) in [7, 11) is 0. The zero-order chi connectivity index (χ0) is 32.2. The average Bonchev–Trinajstić information content (AvgIpc) is 3.36. The molecule has 3 heterocycles. The van der Waals surface area contributed by atoms with E-state index < -0.39 is 30.4 Å². The molecule has 16 nitrogen and oxygen atoms in total. The Morgan fingerprint density at radius 3 is 2.56 bits per heavy atom. The van der Waals surface area contributed by atoms with Gasteiger partial charge in [0.25, 0.3) is 11.8 Å². The molecule has 1 aromatic rings. The Balaban J connectivity index is 1.37. The highest BCUT2D eigenvalue weighted by atomic mass is 16.5. The largest absolute Gasteiger partial charge is 0.481 e. The molecule has 5 amide bonds. The van der Waals surface area contributed by atoms with E-state index in [0.29, 0.717) is 57.3 Å². The van der Waals surface area contributed by atoms with E-state index in [1.807, 2.05) is 6.92 Å². The van der Waals surface area contributed by atoms with Crippen LogP contribution < -0.4 is 31.7 Å². The average molecular weight is 634 g/mol. The Bertz CT molecular complexity index is 1230. The van der Waals surface area contributed by atoms with Crippen molar-refractivity contribution in [3.63, 3.8) is 0 Å². The first-order chi connectivity index (χ1) is 21.8. The Morgan fingerprint density at radius 2 is 1.82 bits per heavy atom. The van der Waals surface area contributed by atoms with Crippen LogP contribution in [0.3, 0.4) is 0 Å². The highest BCUT2D eigenvalue weighted by molar-refractivity contribution is 6.07. The second-order valence-corrected chi connectivity index (χ2v) is 10.8. The van der Waals surface area contributed by atoms with Gasteiger partial charge < -0.3 is 50.4 Å². The molecule has 0 aromatic heterocycles. The van der Waals surface area contributed by atoms with Crippen molar-refractivity contribution in [1.29, 1.82) is 0 Å². The number of piperazine rings is 1. The summed E-state index contributed by atoms with van der Waals surface area (Å²) in [6.07, 6.45) is 0.336. The minimum absolute atomic E-state index is 0.0311. The van der Waals surface area contributed by atoms with E-state index in [9.17, 15) is 24.0 Å². The van der Waals surface area contributed by atoms with E-state index in [2.05, 4.69) is 21.3 Å². The number of hydrogen-bond acceptors (Lipinski definition) is 12. The van der Waals surface area contributed by atoms with Gasteiger partial charge in [0.2, 0.25) is 17.7 Å². The van der Waals surface area contributed by atoms with Crippen LogP contribution in [0.5, 0.6) is 5.75 Å². The predicted octanol–water partition coefficient (Wildman–Crippen LogP) is -1.86. The molecule has 0 spiro atoms. The van der Waals surface area contributed by atoms with E-state index in [0.717, 1.165) is 0 Å². The Labute approximate surface area is 261 Å². The minimum Gasteiger partial charge on any atom is -0.481 e. The number of piperidine rings is 1. The third-order valence-electron chi connectivity index (χ3n) is 7.68. The first kappa shape index (κ1) is 34.1. The summed E-state index contributed by atoms with van der Waals surface area (Å²) in [5.74, 6) is -1.79. The quantitative estimate of drug-likeness (QED) is 0.0729. The lowest BCUT2D eigenvalue weighted by Crippen LogP contribution is -2.53. The number of anilines is 1. The maximum atomic E-state index is 13.7. The van der Waals surface area contributed by atoms with Gasteiger partial charge >= 0.3 is 0 Å². The summed E-state index contributed by atoms with van der Waals surface area (Å²) in [4.78, 5) is 66.7. The lowest BCUT2D eigenvalue weighted by Gasteiger charge is -2.34. The fourth-order valence-corrected chi connectivity index (χ4v) is 5.37. The Kier molecular flexibility index (Phi) is 12.9. The maximum Gasteiger partial charge on any atom is 0.259 e. The van der Waals surface area contributed by atoms with Crippen LogP contribution in [0.4, 0.5) is 5.69 Å². The Morgan fingerprint density at radius 1 is 1.07 bits per heavy atom. The van der Waals surface area contributed by atoms with Crippen LogP contribution >= 0.6 is 0 Å². The molecule has 0 aliphatic carbocycles. The summed E-state index contributed by atoms with van der Waals surface area (Å²) in [6, 6.07) is 2.65. The molecule has 6 N–H and O–H groups in total. The van der Waals surface area contributed by atoms with Crippen LogP contribution in [0.15, 0.2) is 12.1 Å². The second kappa shape index (κ2) is 17.0. The van der Waals surface area contributed by atoms with Crippen LogP contribution in [-0.4, -0.2) is 131 Å². The summed E-state index contributed by atoms with van der Waals surface area (Å²) < 4.78 is 21.7. The molecule has 4 rings (SSSR count). The van der Waals surface area contributed by atoms with Gasteiger partial charge in [0.1, 0.15) is 6.04 Å². The second-order valence-electron chi connectivity index (χ2n) is 10.8. The molecule has 45 heavy (non-hydrogen) atoms. The molecule has 3 aliphatic heterocycles. The number of imide groups is 1. The molecule has 0 radical (unpaired) electrons. The lowest BCUT2D eigenvalue weighted by atomic mass is 10.0. The molecule has 2 fully saturated rings. The van der Waals surface area contributed by atoms with E-state index in [1.54, 1.807) is 17.0 Å². The van der Waals surface area contributed by atoms with Gasteiger partial charge in [0, 0.05) is 45.2 Å².